The minimum absolute atomic E-state index is 0.348. The average Bonchev–Trinajstić information content (AvgIpc) is 3.64. The zero-order valence-electron chi connectivity index (χ0n) is 29.8. The van der Waals surface area contributed by atoms with E-state index in [0.717, 1.165) is 77.5 Å². The Kier molecular flexibility index (Phi) is 7.20. The summed E-state index contributed by atoms with van der Waals surface area (Å²) in [6.45, 7) is 0. The first-order valence-corrected chi connectivity index (χ1v) is 18.7. The van der Waals surface area contributed by atoms with Gasteiger partial charge >= 0.3 is 0 Å². The van der Waals surface area contributed by atoms with Gasteiger partial charge in [0.1, 0.15) is 23.2 Å². The van der Waals surface area contributed by atoms with Crippen molar-refractivity contribution < 1.29 is 4.42 Å². The van der Waals surface area contributed by atoms with Crippen molar-refractivity contribution >= 4 is 65.9 Å². The number of fused-ring (bicyclic) bond motifs is 6. The number of furan rings is 1. The van der Waals surface area contributed by atoms with Crippen molar-refractivity contribution in [2.75, 3.05) is 0 Å². The minimum atomic E-state index is -0.348. The zero-order chi connectivity index (χ0) is 36.3. The van der Waals surface area contributed by atoms with Crippen molar-refractivity contribution in [1.82, 2.24) is 5.32 Å². The first-order chi connectivity index (χ1) is 27.2. The van der Waals surface area contributed by atoms with E-state index in [9.17, 15) is 0 Å². The number of nitrogens with one attached hydrogen (secondary N) is 1. The fourth-order valence-electron chi connectivity index (χ4n) is 8.14. The van der Waals surface area contributed by atoms with Gasteiger partial charge in [-0.2, -0.15) is 0 Å². The van der Waals surface area contributed by atoms with Gasteiger partial charge in [-0.15, -0.1) is 0 Å². The molecule has 0 amide bonds. The number of hydrogen-bond acceptors (Lipinski definition) is 4. The molecule has 2 heterocycles. The van der Waals surface area contributed by atoms with Crippen LogP contribution in [0.5, 0.6) is 0 Å². The van der Waals surface area contributed by atoms with Crippen molar-refractivity contribution in [3.8, 4) is 22.3 Å². The molecule has 1 aliphatic heterocycles. The Morgan fingerprint density at radius 2 is 1.05 bits per heavy atom. The first-order valence-electron chi connectivity index (χ1n) is 18.7. The van der Waals surface area contributed by atoms with Gasteiger partial charge in [0.2, 0.25) is 0 Å². The Labute approximate surface area is 317 Å². The maximum Gasteiger partial charge on any atom is 0.159 e. The molecular formula is C51H33N3O. The van der Waals surface area contributed by atoms with Gasteiger partial charge in [-0.1, -0.05) is 146 Å². The summed E-state index contributed by atoms with van der Waals surface area (Å²) in [5, 5.41) is 12.9. The van der Waals surface area contributed by atoms with Gasteiger partial charge in [0.25, 0.3) is 0 Å². The molecule has 1 unspecified atom stereocenters. The van der Waals surface area contributed by atoms with Gasteiger partial charge in [0.15, 0.2) is 5.84 Å². The van der Waals surface area contributed by atoms with Gasteiger partial charge < -0.3 is 9.73 Å². The lowest BCUT2D eigenvalue weighted by atomic mass is 9.90. The van der Waals surface area contributed by atoms with Crippen molar-refractivity contribution in [2.24, 2.45) is 9.98 Å². The smallest absolute Gasteiger partial charge is 0.159 e. The molecule has 9 aromatic carbocycles. The predicted octanol–water partition coefficient (Wildman–Crippen LogP) is 12.9. The maximum atomic E-state index is 6.57. The summed E-state index contributed by atoms with van der Waals surface area (Å²) in [4.78, 5) is 10.7. The van der Waals surface area contributed by atoms with Crippen LogP contribution < -0.4 is 5.32 Å². The highest BCUT2D eigenvalue weighted by Crippen LogP contribution is 2.43. The van der Waals surface area contributed by atoms with Crippen LogP contribution in [-0.4, -0.2) is 11.7 Å². The normalized spacial score (nSPS) is 14.4. The van der Waals surface area contributed by atoms with E-state index in [1.807, 2.05) is 6.07 Å². The molecule has 4 nitrogen and oxygen atoms in total. The Hall–Kier alpha value is -7.30. The number of aliphatic imine (C=N–C) groups is 2. The zero-order valence-corrected chi connectivity index (χ0v) is 29.8. The number of nitrogens with zero attached hydrogens (tertiary/aromatic N) is 2. The summed E-state index contributed by atoms with van der Waals surface area (Å²) in [6, 6.07) is 66.5. The van der Waals surface area contributed by atoms with E-state index in [2.05, 4.69) is 187 Å². The van der Waals surface area contributed by atoms with Crippen LogP contribution in [0.3, 0.4) is 0 Å². The topological polar surface area (TPSA) is 49.9 Å². The molecule has 0 spiro atoms. The molecule has 0 fully saturated rings. The van der Waals surface area contributed by atoms with Crippen molar-refractivity contribution in [3.63, 3.8) is 0 Å². The van der Waals surface area contributed by atoms with Gasteiger partial charge in [0, 0.05) is 21.9 Å². The third-order valence-corrected chi connectivity index (χ3v) is 10.9. The highest BCUT2D eigenvalue weighted by atomic mass is 16.3. The predicted molar refractivity (Wildman–Crippen MR) is 229 cm³/mol. The summed E-state index contributed by atoms with van der Waals surface area (Å²) < 4.78 is 6.57. The number of rotatable bonds is 5. The molecule has 11 rings (SSSR count). The molecule has 1 N–H and O–H groups in total. The molecular weight excluding hydrogens is 671 g/mol. The largest absolute Gasteiger partial charge is 0.456 e. The van der Waals surface area contributed by atoms with E-state index >= 15 is 0 Å². The third kappa shape index (κ3) is 5.46. The number of para-hydroxylation sites is 1. The molecule has 0 aliphatic carbocycles. The van der Waals surface area contributed by atoms with E-state index in [0.29, 0.717) is 5.84 Å². The maximum absolute atomic E-state index is 6.57. The van der Waals surface area contributed by atoms with Gasteiger partial charge in [-0.3, -0.25) is 0 Å². The second kappa shape index (κ2) is 12.7. The molecule has 0 saturated carbocycles. The fourth-order valence-corrected chi connectivity index (χ4v) is 8.14. The van der Waals surface area contributed by atoms with Crippen molar-refractivity contribution in [1.29, 1.82) is 0 Å². The van der Waals surface area contributed by atoms with Crippen molar-refractivity contribution in [3.05, 3.63) is 205 Å². The molecule has 1 aliphatic rings. The van der Waals surface area contributed by atoms with Crippen LogP contribution in [0.1, 0.15) is 22.9 Å². The number of hydrogen-bond donors (Lipinski definition) is 1. The van der Waals surface area contributed by atoms with E-state index < -0.39 is 0 Å². The van der Waals surface area contributed by atoms with Crippen LogP contribution in [0.15, 0.2) is 202 Å². The summed E-state index contributed by atoms with van der Waals surface area (Å²) in [6.07, 6.45) is -0.348. The lowest BCUT2D eigenvalue weighted by molar-refractivity contribution is 0.669. The summed E-state index contributed by atoms with van der Waals surface area (Å²) in [5.41, 5.74) is 9.22. The first kappa shape index (κ1) is 31.2. The molecule has 0 bridgehead atoms. The second-order valence-electron chi connectivity index (χ2n) is 14.2. The highest BCUT2D eigenvalue weighted by molar-refractivity contribution is 6.19. The summed E-state index contributed by atoms with van der Waals surface area (Å²) in [5.74, 6) is 1.47. The Bertz CT molecular complexity index is 3190. The molecule has 4 heteroatoms. The van der Waals surface area contributed by atoms with Gasteiger partial charge in [-0.05, 0) is 103 Å². The Morgan fingerprint density at radius 3 is 1.87 bits per heavy atom. The summed E-state index contributed by atoms with van der Waals surface area (Å²) in [7, 11) is 0. The van der Waals surface area contributed by atoms with E-state index in [1.54, 1.807) is 0 Å². The molecule has 1 atom stereocenters. The average molecular weight is 704 g/mol. The molecule has 258 valence electrons. The van der Waals surface area contributed by atoms with E-state index in [-0.39, 0.29) is 6.17 Å². The van der Waals surface area contributed by atoms with Crippen LogP contribution in [0.4, 0.5) is 0 Å². The van der Waals surface area contributed by atoms with Crippen molar-refractivity contribution in [2.45, 2.75) is 6.17 Å². The third-order valence-electron chi connectivity index (χ3n) is 10.9. The minimum Gasteiger partial charge on any atom is -0.456 e. The monoisotopic (exact) mass is 703 g/mol. The van der Waals surface area contributed by atoms with Crippen LogP contribution in [-0.2, 0) is 0 Å². The Morgan fingerprint density at radius 1 is 0.418 bits per heavy atom. The molecule has 0 radical (unpaired) electrons. The fraction of sp³-hybridized carbons (Fsp3) is 0.0196. The molecule has 0 saturated heterocycles. The molecule has 55 heavy (non-hydrogen) atoms. The Balaban J connectivity index is 1.15. The lowest BCUT2D eigenvalue weighted by Gasteiger charge is -2.24. The van der Waals surface area contributed by atoms with Crippen LogP contribution >= 0.6 is 0 Å². The quantitative estimate of drug-likeness (QED) is 0.194. The second-order valence-corrected chi connectivity index (χ2v) is 14.2. The number of amidine groups is 2. The van der Waals surface area contributed by atoms with E-state index in [4.69, 9.17) is 14.4 Å². The lowest BCUT2D eigenvalue weighted by Crippen LogP contribution is -2.33. The number of benzene rings is 9. The van der Waals surface area contributed by atoms with Gasteiger partial charge in [-0.25, -0.2) is 9.98 Å². The van der Waals surface area contributed by atoms with Crippen LogP contribution in [0.2, 0.25) is 0 Å². The summed E-state index contributed by atoms with van der Waals surface area (Å²) >= 11 is 0. The van der Waals surface area contributed by atoms with Gasteiger partial charge in [0.05, 0.1) is 0 Å². The van der Waals surface area contributed by atoms with E-state index in [1.165, 1.54) is 21.5 Å². The molecule has 10 aromatic rings. The van der Waals surface area contributed by atoms with Crippen LogP contribution in [0.25, 0.3) is 76.5 Å². The SMILES string of the molecule is c1ccc(-c2cc(-c3cc(C4=NC(c5ccc6ccccc6c5)NC(c5ccc6ccccc6c5)=N4)cc4ccccc34)c3c(c2)oc2ccccc23)cc1. The standard InChI is InChI=1S/C51H33N3O/c1-2-12-32(13-3-1)40-29-45(48-43-20-10-11-21-46(43)55-47(48)31-40)44-30-41(28-37-18-8-9-19-42(37)44)51-53-49(38-24-22-33-14-4-6-16-35(33)26-38)52-50(54-51)39-25-23-34-15-5-7-17-36(34)27-39/h1-31,49H,(H,52,53,54). The highest BCUT2D eigenvalue weighted by Gasteiger charge is 2.24. The van der Waals surface area contributed by atoms with Crippen LogP contribution in [0, 0.1) is 0 Å². The molecule has 1 aromatic heterocycles.